The average molecular weight is 343 g/mol. The van der Waals surface area contributed by atoms with E-state index in [2.05, 4.69) is 9.62 Å². The van der Waals surface area contributed by atoms with Crippen molar-refractivity contribution in [2.24, 2.45) is 5.92 Å². The molecular formula is C16H26N2O2S2. The molecule has 0 spiro atoms. The van der Waals surface area contributed by atoms with Crippen LogP contribution in [0.1, 0.15) is 37.0 Å². The molecule has 1 atom stereocenters. The molecule has 0 amide bonds. The van der Waals surface area contributed by atoms with E-state index in [0.29, 0.717) is 6.42 Å². The zero-order chi connectivity index (χ0) is 15.4. The molecule has 1 aromatic heterocycles. The lowest BCUT2D eigenvalue weighted by Gasteiger charge is -2.20. The van der Waals surface area contributed by atoms with E-state index in [-0.39, 0.29) is 11.8 Å². The topological polar surface area (TPSA) is 49.4 Å². The highest BCUT2D eigenvalue weighted by atomic mass is 32.2. The van der Waals surface area contributed by atoms with E-state index >= 15 is 0 Å². The van der Waals surface area contributed by atoms with Gasteiger partial charge in [0.1, 0.15) is 0 Å². The first-order chi connectivity index (χ1) is 10.6. The van der Waals surface area contributed by atoms with Crippen LogP contribution >= 0.6 is 11.3 Å². The summed E-state index contributed by atoms with van der Waals surface area (Å²) in [7, 11) is -3.16. The Morgan fingerprint density at radius 3 is 2.82 bits per heavy atom. The molecule has 2 aliphatic rings. The highest BCUT2D eigenvalue weighted by molar-refractivity contribution is 7.89. The van der Waals surface area contributed by atoms with Crippen LogP contribution in [-0.2, 0) is 16.4 Å². The van der Waals surface area contributed by atoms with Crippen LogP contribution in [0.3, 0.4) is 0 Å². The third kappa shape index (κ3) is 4.78. The molecule has 6 heteroatoms. The van der Waals surface area contributed by atoms with Crippen molar-refractivity contribution in [3.05, 3.63) is 22.4 Å². The number of likely N-dealkylation sites (tertiary alicyclic amines) is 1. The van der Waals surface area contributed by atoms with Gasteiger partial charge in [-0.1, -0.05) is 18.9 Å². The number of nitrogens with zero attached hydrogens (tertiary/aromatic N) is 1. The molecule has 1 saturated carbocycles. The number of sulfonamides is 1. The van der Waals surface area contributed by atoms with Crippen molar-refractivity contribution in [2.75, 3.05) is 25.4 Å². The van der Waals surface area contributed by atoms with Gasteiger partial charge >= 0.3 is 0 Å². The maximum Gasteiger partial charge on any atom is 0.212 e. The van der Waals surface area contributed by atoms with Gasteiger partial charge in [-0.3, -0.25) is 0 Å². The van der Waals surface area contributed by atoms with Crippen LogP contribution in [0, 0.1) is 5.92 Å². The average Bonchev–Trinajstić information content (AvgIpc) is 3.19. The Morgan fingerprint density at radius 2 is 2.09 bits per heavy atom. The molecule has 0 bridgehead atoms. The summed E-state index contributed by atoms with van der Waals surface area (Å²) in [4.78, 5) is 3.59. The normalized spacial score (nSPS) is 24.3. The summed E-state index contributed by atoms with van der Waals surface area (Å²) in [5, 5.41) is 1.99. The van der Waals surface area contributed by atoms with Crippen molar-refractivity contribution in [1.82, 2.24) is 9.62 Å². The lowest BCUT2D eigenvalue weighted by atomic mass is 10.1. The predicted octanol–water partition coefficient (Wildman–Crippen LogP) is 2.47. The van der Waals surface area contributed by atoms with E-state index in [1.165, 1.54) is 25.7 Å². The maximum absolute atomic E-state index is 12.2. The summed E-state index contributed by atoms with van der Waals surface area (Å²) < 4.78 is 27.3. The van der Waals surface area contributed by atoms with Crippen molar-refractivity contribution < 1.29 is 8.42 Å². The minimum Gasteiger partial charge on any atom is -0.301 e. The van der Waals surface area contributed by atoms with E-state index in [1.54, 1.807) is 11.3 Å². The van der Waals surface area contributed by atoms with Gasteiger partial charge in [-0.15, -0.1) is 11.3 Å². The standard InChI is InChI=1S/C16H26N2O2S2/c19-22(20,11-8-16-6-3-10-21-16)17-15-7-9-18(13-15)12-14-4-1-2-5-14/h3,6,10,14-15,17H,1-2,4-5,7-9,11-13H2. The van der Waals surface area contributed by atoms with Crippen LogP contribution in [0.5, 0.6) is 0 Å². The quantitative estimate of drug-likeness (QED) is 0.828. The fourth-order valence-corrected chi connectivity index (χ4v) is 5.80. The van der Waals surface area contributed by atoms with Gasteiger partial charge in [-0.25, -0.2) is 13.1 Å². The lowest BCUT2D eigenvalue weighted by Crippen LogP contribution is -2.39. The van der Waals surface area contributed by atoms with Gasteiger partial charge in [0.2, 0.25) is 10.0 Å². The zero-order valence-corrected chi connectivity index (χ0v) is 14.7. The fraction of sp³-hybridized carbons (Fsp3) is 0.750. The number of hydrogen-bond donors (Lipinski definition) is 1. The van der Waals surface area contributed by atoms with E-state index < -0.39 is 10.0 Å². The first kappa shape index (κ1) is 16.4. The van der Waals surface area contributed by atoms with Gasteiger partial charge in [0.25, 0.3) is 0 Å². The van der Waals surface area contributed by atoms with Gasteiger partial charge in [0.15, 0.2) is 0 Å². The third-order valence-electron chi connectivity index (χ3n) is 4.81. The SMILES string of the molecule is O=S(=O)(CCc1cccs1)NC1CCN(CC2CCCC2)C1. The van der Waals surface area contributed by atoms with Crippen LogP contribution in [0.25, 0.3) is 0 Å². The Labute approximate surface area is 138 Å². The number of thiophene rings is 1. The first-order valence-electron chi connectivity index (χ1n) is 8.35. The highest BCUT2D eigenvalue weighted by Gasteiger charge is 2.28. The zero-order valence-electron chi connectivity index (χ0n) is 13.0. The van der Waals surface area contributed by atoms with Gasteiger partial charge in [-0.05, 0) is 49.6 Å². The summed E-state index contributed by atoms with van der Waals surface area (Å²) in [5.74, 6) is 1.04. The minimum absolute atomic E-state index is 0.106. The Kier molecular flexibility index (Phi) is 5.55. The van der Waals surface area contributed by atoms with Gasteiger partial charge in [0, 0.05) is 24.0 Å². The summed E-state index contributed by atoms with van der Waals surface area (Å²) in [6.45, 7) is 3.08. The van der Waals surface area contributed by atoms with Crippen molar-refractivity contribution in [1.29, 1.82) is 0 Å². The van der Waals surface area contributed by atoms with Crippen LogP contribution < -0.4 is 4.72 Å². The molecule has 3 rings (SSSR count). The fourth-order valence-electron chi connectivity index (χ4n) is 3.66. The van der Waals surface area contributed by atoms with Gasteiger partial charge < -0.3 is 4.90 Å². The van der Waals surface area contributed by atoms with Crippen LogP contribution in [0.4, 0.5) is 0 Å². The smallest absolute Gasteiger partial charge is 0.212 e. The molecule has 1 aliphatic carbocycles. The summed E-state index contributed by atoms with van der Waals surface area (Å²) in [6, 6.07) is 4.08. The van der Waals surface area contributed by atoms with Crippen LogP contribution in [0.15, 0.2) is 17.5 Å². The van der Waals surface area contributed by atoms with Crippen molar-refractivity contribution >= 4 is 21.4 Å². The van der Waals surface area contributed by atoms with Crippen molar-refractivity contribution in [3.63, 3.8) is 0 Å². The third-order valence-corrected chi connectivity index (χ3v) is 7.18. The van der Waals surface area contributed by atoms with E-state index in [4.69, 9.17) is 0 Å². The lowest BCUT2D eigenvalue weighted by molar-refractivity contribution is 0.276. The molecule has 1 unspecified atom stereocenters. The summed E-state index contributed by atoms with van der Waals surface area (Å²) in [5.41, 5.74) is 0. The van der Waals surface area contributed by atoms with Crippen molar-refractivity contribution in [3.8, 4) is 0 Å². The van der Waals surface area contributed by atoms with Crippen LogP contribution in [0.2, 0.25) is 0 Å². The number of hydrogen-bond acceptors (Lipinski definition) is 4. The van der Waals surface area contributed by atoms with Crippen molar-refractivity contribution in [2.45, 2.75) is 44.6 Å². The Balaban J connectivity index is 1.42. The van der Waals surface area contributed by atoms with E-state index in [9.17, 15) is 8.42 Å². The minimum atomic E-state index is -3.16. The Hall–Kier alpha value is -0.430. The predicted molar refractivity (Wildman–Crippen MR) is 91.7 cm³/mol. The molecule has 4 nitrogen and oxygen atoms in total. The first-order valence-corrected chi connectivity index (χ1v) is 10.9. The number of nitrogens with one attached hydrogen (secondary N) is 1. The molecule has 1 aliphatic heterocycles. The van der Waals surface area contributed by atoms with E-state index in [1.807, 2.05) is 17.5 Å². The number of aryl methyl sites for hydroxylation is 1. The number of rotatable bonds is 7. The molecule has 2 heterocycles. The molecule has 22 heavy (non-hydrogen) atoms. The van der Waals surface area contributed by atoms with Gasteiger partial charge in [-0.2, -0.15) is 0 Å². The Morgan fingerprint density at radius 1 is 1.27 bits per heavy atom. The summed E-state index contributed by atoms with van der Waals surface area (Å²) >= 11 is 1.62. The molecule has 1 N–H and O–H groups in total. The van der Waals surface area contributed by atoms with Crippen LogP contribution in [-0.4, -0.2) is 44.7 Å². The van der Waals surface area contributed by atoms with E-state index in [0.717, 1.165) is 36.9 Å². The molecular weight excluding hydrogens is 316 g/mol. The summed E-state index contributed by atoms with van der Waals surface area (Å²) in [6.07, 6.45) is 7.02. The van der Waals surface area contributed by atoms with Gasteiger partial charge in [0.05, 0.1) is 5.75 Å². The second-order valence-electron chi connectivity index (χ2n) is 6.66. The largest absolute Gasteiger partial charge is 0.301 e. The molecule has 1 saturated heterocycles. The second kappa shape index (κ2) is 7.43. The molecule has 0 aromatic carbocycles. The molecule has 1 aromatic rings. The maximum atomic E-state index is 12.2. The monoisotopic (exact) mass is 342 g/mol. The Bertz CT molecular complexity index is 551. The highest BCUT2D eigenvalue weighted by Crippen LogP contribution is 2.26. The molecule has 0 radical (unpaired) electrons. The second-order valence-corrected chi connectivity index (χ2v) is 9.57. The molecule has 2 fully saturated rings. The molecule has 124 valence electrons.